The molecule has 0 saturated carbocycles. The second kappa shape index (κ2) is 7.14. The van der Waals surface area contributed by atoms with Crippen LogP contribution in [0.5, 0.6) is 0 Å². The molecule has 0 heterocycles. The number of halogens is 14. The summed E-state index contributed by atoms with van der Waals surface area (Å²) in [4.78, 5) is 35.0. The molecule has 0 amide bonds. The van der Waals surface area contributed by atoms with Crippen LogP contribution in [0.15, 0.2) is 0 Å². The molecule has 7 nitrogen and oxygen atoms in total. The summed E-state index contributed by atoms with van der Waals surface area (Å²) in [6.45, 7) is 0. The van der Waals surface area contributed by atoms with Crippen molar-refractivity contribution in [2.75, 3.05) is 0 Å². The zero-order chi connectivity index (χ0) is 25.2. The zero-order valence-corrected chi connectivity index (χ0v) is 14.5. The normalized spacial score (nSPS) is 16.7. The Balaban J connectivity index is 7.28. The van der Waals surface area contributed by atoms with Gasteiger partial charge in [0.1, 0.15) is 0 Å². The fourth-order valence-electron chi connectivity index (χ4n) is 1.65. The van der Waals surface area contributed by atoms with Crippen molar-refractivity contribution in [3.8, 4) is 0 Å². The van der Waals surface area contributed by atoms with Gasteiger partial charge < -0.3 is 19.6 Å². The molecule has 0 rings (SSSR count). The van der Waals surface area contributed by atoms with Crippen LogP contribution in [0.4, 0.5) is 61.6 Å². The maximum absolute atomic E-state index is 13.8. The summed E-state index contributed by atoms with van der Waals surface area (Å²) in [5, 5.41) is -7.08. The van der Waals surface area contributed by atoms with Crippen LogP contribution in [-0.2, 0) is 14.1 Å². The third-order valence-corrected chi connectivity index (χ3v) is 7.08. The molecule has 182 valence electrons. The van der Waals surface area contributed by atoms with Gasteiger partial charge in [0, 0.05) is 0 Å². The number of hydrogen-bond acceptors (Lipinski definition) is 3. The van der Waals surface area contributed by atoms with E-state index >= 15 is 0 Å². The molecule has 0 fully saturated rings. The van der Waals surface area contributed by atoms with Gasteiger partial charge >= 0.3 is 56.1 Å². The third-order valence-electron chi connectivity index (χ3n) is 3.24. The highest BCUT2D eigenvalue weighted by molar-refractivity contribution is 7.72. The van der Waals surface area contributed by atoms with Gasteiger partial charge in [0.25, 0.3) is 0 Å². The van der Waals surface area contributed by atoms with E-state index < -0.39 is 56.1 Å². The first-order valence-corrected chi connectivity index (χ1v) is 9.15. The molecule has 0 spiro atoms. The molecule has 0 aliphatic rings. The molecule has 0 radical (unpaired) electrons. The summed E-state index contributed by atoms with van der Waals surface area (Å²) in [7, 11) is -16.0. The highest BCUT2D eigenvalue weighted by Crippen LogP contribution is 2.78. The average Bonchev–Trinajstić information content (AvgIpc) is 2.42. The smallest absolute Gasteiger partial charge is 0.322 e. The van der Waals surface area contributed by atoms with Crippen LogP contribution in [0.25, 0.3) is 0 Å². The summed E-state index contributed by atoms with van der Waals surface area (Å²) >= 11 is 0. The van der Waals surface area contributed by atoms with E-state index in [9.17, 15) is 70.7 Å². The van der Waals surface area contributed by atoms with Gasteiger partial charge in [-0.15, -0.1) is 0 Å². The van der Waals surface area contributed by atoms with Crippen LogP contribution in [0.2, 0.25) is 0 Å². The number of hydrogen-bond donors (Lipinski definition) is 4. The van der Waals surface area contributed by atoms with E-state index in [0.29, 0.717) is 0 Å². The molecule has 0 aromatic rings. The van der Waals surface area contributed by atoms with Crippen molar-refractivity contribution in [1.29, 1.82) is 0 Å². The monoisotopic (exact) mass is 528 g/mol. The molecule has 0 unspecified atom stereocenters. The van der Waals surface area contributed by atoms with Crippen LogP contribution < -0.4 is 0 Å². The minimum Gasteiger partial charge on any atom is -0.322 e. The van der Waals surface area contributed by atoms with E-state index in [1.54, 1.807) is 0 Å². The summed E-state index contributed by atoms with van der Waals surface area (Å²) in [5.74, 6) is -42.5. The van der Waals surface area contributed by atoms with Gasteiger partial charge in [-0.25, -0.2) is 0 Å². The Morgan fingerprint density at radius 1 is 0.500 bits per heavy atom. The lowest BCUT2D eigenvalue weighted by Crippen LogP contribution is -2.73. The first-order chi connectivity index (χ1) is 12.6. The number of rotatable bonds is 8. The summed E-state index contributed by atoms with van der Waals surface area (Å²) in [6, 6.07) is 0. The lowest BCUT2D eigenvalue weighted by molar-refractivity contribution is -0.448. The zero-order valence-electron chi connectivity index (χ0n) is 12.7. The van der Waals surface area contributed by atoms with Crippen molar-refractivity contribution >= 4 is 15.2 Å². The van der Waals surface area contributed by atoms with Crippen LogP contribution >= 0.6 is 15.2 Å². The van der Waals surface area contributed by atoms with Crippen molar-refractivity contribution in [2.45, 2.75) is 40.9 Å². The SMILES string of the molecule is O=P(O)(O)C(OF)(C(F)(F)C(F)(F)C(F)(F)C(F)(F)C(F)(F)C(F)(F)F)P(=O)(O)O. The van der Waals surface area contributed by atoms with E-state index in [-0.39, 0.29) is 0 Å². The van der Waals surface area contributed by atoms with E-state index in [2.05, 4.69) is 0 Å². The Morgan fingerprint density at radius 3 is 0.933 bits per heavy atom. The quantitative estimate of drug-likeness (QED) is 0.280. The summed E-state index contributed by atoms with van der Waals surface area (Å²) in [5.41, 5.74) is 0. The van der Waals surface area contributed by atoms with E-state index in [1.165, 1.54) is 4.94 Å². The topological polar surface area (TPSA) is 124 Å². The number of alkyl halides is 13. The molecular weight excluding hydrogens is 524 g/mol. The van der Waals surface area contributed by atoms with Crippen molar-refractivity contribution in [3.05, 3.63) is 0 Å². The molecule has 30 heavy (non-hydrogen) atoms. The minimum absolute atomic E-state index is 1.43. The maximum Gasteiger partial charge on any atom is 0.460 e. The molecular formula is C7H4F14O7P2. The van der Waals surface area contributed by atoms with Crippen molar-refractivity contribution < 1.29 is 95.2 Å². The van der Waals surface area contributed by atoms with Crippen molar-refractivity contribution in [2.24, 2.45) is 0 Å². The van der Waals surface area contributed by atoms with Gasteiger partial charge in [-0.2, -0.15) is 62.0 Å². The van der Waals surface area contributed by atoms with Gasteiger partial charge in [-0.3, -0.25) is 9.13 Å². The second-order valence-corrected chi connectivity index (χ2v) is 8.93. The second-order valence-electron chi connectivity index (χ2n) is 5.14. The summed E-state index contributed by atoms with van der Waals surface area (Å²) < 4.78 is 202. The third kappa shape index (κ3) is 3.41. The molecule has 0 bridgehead atoms. The minimum atomic E-state index is -8.71. The first-order valence-electron chi connectivity index (χ1n) is 5.93. The fourth-order valence-corrected chi connectivity index (χ4v) is 4.20. The average molecular weight is 528 g/mol. The Bertz CT molecular complexity index is 728. The first kappa shape index (κ1) is 29.3. The Hall–Kier alpha value is -0.720. The molecule has 0 atom stereocenters. The maximum atomic E-state index is 13.8. The lowest BCUT2D eigenvalue weighted by atomic mass is 9.94. The molecule has 0 aromatic carbocycles. The van der Waals surface area contributed by atoms with Crippen molar-refractivity contribution in [1.82, 2.24) is 0 Å². The molecule has 0 aliphatic carbocycles. The molecule has 0 saturated heterocycles. The van der Waals surface area contributed by atoms with Crippen molar-refractivity contribution in [3.63, 3.8) is 0 Å². The predicted octanol–water partition coefficient (Wildman–Crippen LogP) is 3.64. The Morgan fingerprint density at radius 2 is 0.733 bits per heavy atom. The highest BCUT2D eigenvalue weighted by atomic mass is 31.2. The van der Waals surface area contributed by atoms with E-state index in [0.717, 1.165) is 0 Å². The van der Waals surface area contributed by atoms with Crippen LogP contribution in [0, 0.1) is 0 Å². The molecule has 0 aromatic heterocycles. The van der Waals surface area contributed by atoms with Gasteiger partial charge in [-0.05, 0) is 4.53 Å². The van der Waals surface area contributed by atoms with E-state index in [4.69, 9.17) is 19.6 Å². The van der Waals surface area contributed by atoms with Gasteiger partial charge in [0.15, 0.2) is 0 Å². The largest absolute Gasteiger partial charge is 0.460 e. The molecule has 4 N–H and O–H groups in total. The van der Waals surface area contributed by atoms with Gasteiger partial charge in [0.2, 0.25) is 0 Å². The molecule has 23 heteroatoms. The Labute approximate surface area is 152 Å². The summed E-state index contributed by atoms with van der Waals surface area (Å²) in [6.07, 6.45) is -7.83. The predicted molar refractivity (Wildman–Crippen MR) is 59.8 cm³/mol. The van der Waals surface area contributed by atoms with Crippen LogP contribution in [0.3, 0.4) is 0 Å². The fraction of sp³-hybridized carbons (Fsp3) is 1.00. The Kier molecular flexibility index (Phi) is 6.97. The van der Waals surface area contributed by atoms with Crippen LogP contribution in [0.1, 0.15) is 0 Å². The molecule has 0 aliphatic heterocycles. The highest BCUT2D eigenvalue weighted by Gasteiger charge is 2.96. The standard InChI is InChI=1S/C7H4F14O7P2/c8-1(9,2(10,11)4(14,15)6(18,19)20)3(12,13)5(16,17)7(28-21,29(22,23)24)30(25,26)27/h(H2,22,23,24)(H2,25,26,27). The van der Waals surface area contributed by atoms with Gasteiger partial charge in [0.05, 0.1) is 0 Å². The lowest BCUT2D eigenvalue weighted by Gasteiger charge is -2.44. The van der Waals surface area contributed by atoms with E-state index in [1.807, 2.05) is 0 Å². The van der Waals surface area contributed by atoms with Crippen LogP contribution in [-0.4, -0.2) is 60.4 Å². The van der Waals surface area contributed by atoms with Gasteiger partial charge in [-0.1, -0.05) is 0 Å².